The average Bonchev–Trinajstić information content (AvgIpc) is 3.25. The minimum absolute atomic E-state index is 0.0437. The first kappa shape index (κ1) is 17.7. The third-order valence-electron chi connectivity index (χ3n) is 5.12. The van der Waals surface area contributed by atoms with Crippen LogP contribution in [0, 0.1) is 11.3 Å². The average molecular weight is 379 g/mol. The first-order valence-corrected chi connectivity index (χ1v) is 10.1. The van der Waals surface area contributed by atoms with Crippen LogP contribution < -0.4 is 10.3 Å². The first-order chi connectivity index (χ1) is 13.2. The van der Waals surface area contributed by atoms with E-state index in [0.717, 1.165) is 46.6 Å². The van der Waals surface area contributed by atoms with Crippen molar-refractivity contribution in [2.24, 2.45) is 0 Å². The molecule has 0 spiro atoms. The Balaban J connectivity index is 1.84. The predicted molar refractivity (Wildman–Crippen MR) is 107 cm³/mol. The molecular formula is C21H21N3O2S. The quantitative estimate of drug-likeness (QED) is 0.610. The zero-order chi connectivity index (χ0) is 18.8. The van der Waals surface area contributed by atoms with E-state index in [1.165, 1.54) is 10.4 Å². The van der Waals surface area contributed by atoms with Gasteiger partial charge < -0.3 is 4.74 Å². The van der Waals surface area contributed by atoms with E-state index in [1.54, 1.807) is 23.0 Å². The summed E-state index contributed by atoms with van der Waals surface area (Å²) >= 11 is 1.66. The highest BCUT2D eigenvalue weighted by Gasteiger charge is 2.23. The molecule has 1 aliphatic carbocycles. The second kappa shape index (κ2) is 7.53. The van der Waals surface area contributed by atoms with Crippen LogP contribution in [0.25, 0.3) is 10.2 Å². The Hall–Kier alpha value is -2.65. The molecule has 5 nitrogen and oxygen atoms in total. The zero-order valence-corrected chi connectivity index (χ0v) is 16.1. The van der Waals surface area contributed by atoms with Gasteiger partial charge in [-0.05, 0) is 37.3 Å². The van der Waals surface area contributed by atoms with Gasteiger partial charge in [-0.2, -0.15) is 5.26 Å². The van der Waals surface area contributed by atoms with Crippen molar-refractivity contribution in [2.75, 3.05) is 7.11 Å². The number of rotatable bonds is 6. The summed E-state index contributed by atoms with van der Waals surface area (Å²) in [7, 11) is 1.65. The monoisotopic (exact) mass is 379 g/mol. The topological polar surface area (TPSA) is 67.9 Å². The maximum Gasteiger partial charge on any atom is 0.262 e. The number of hydrogen-bond acceptors (Lipinski definition) is 5. The fraction of sp³-hybridized carbons (Fsp3) is 0.381. The number of nitriles is 1. The van der Waals surface area contributed by atoms with Crippen LogP contribution in [0.1, 0.15) is 41.1 Å². The van der Waals surface area contributed by atoms with Gasteiger partial charge in [-0.15, -0.1) is 11.3 Å². The molecule has 0 aliphatic heterocycles. The highest BCUT2D eigenvalue weighted by atomic mass is 32.1. The van der Waals surface area contributed by atoms with Crippen LogP contribution in [0.4, 0.5) is 0 Å². The Morgan fingerprint density at radius 3 is 3.00 bits per heavy atom. The molecule has 2 aromatic heterocycles. The molecule has 0 bridgehead atoms. The molecule has 0 saturated heterocycles. The van der Waals surface area contributed by atoms with Gasteiger partial charge in [-0.3, -0.25) is 9.36 Å². The van der Waals surface area contributed by atoms with Crippen molar-refractivity contribution in [3.05, 3.63) is 56.4 Å². The molecule has 0 amide bonds. The van der Waals surface area contributed by atoms with Gasteiger partial charge in [0.1, 0.15) is 16.4 Å². The molecule has 0 N–H and O–H groups in total. The summed E-state index contributed by atoms with van der Waals surface area (Å²) in [6.07, 6.45) is 4.75. The van der Waals surface area contributed by atoms with Gasteiger partial charge in [0.25, 0.3) is 5.56 Å². The minimum Gasteiger partial charge on any atom is -0.496 e. The summed E-state index contributed by atoms with van der Waals surface area (Å²) in [5, 5.41) is 9.68. The van der Waals surface area contributed by atoms with Crippen LogP contribution in [0.2, 0.25) is 0 Å². The summed E-state index contributed by atoms with van der Waals surface area (Å²) in [6, 6.07) is 9.99. The third-order valence-corrected chi connectivity index (χ3v) is 6.30. The number of ether oxygens (including phenoxy) is 1. The van der Waals surface area contributed by atoms with Gasteiger partial charge in [0, 0.05) is 29.8 Å². The largest absolute Gasteiger partial charge is 0.496 e. The van der Waals surface area contributed by atoms with E-state index in [9.17, 15) is 4.79 Å². The lowest BCUT2D eigenvalue weighted by Gasteiger charge is -2.14. The van der Waals surface area contributed by atoms with E-state index in [-0.39, 0.29) is 5.56 Å². The van der Waals surface area contributed by atoms with Crippen LogP contribution in [0.15, 0.2) is 29.1 Å². The maximum absolute atomic E-state index is 13.3. The molecule has 2 heterocycles. The second-order valence-corrected chi connectivity index (χ2v) is 7.86. The highest BCUT2D eigenvalue weighted by Crippen LogP contribution is 2.35. The molecule has 3 aromatic rings. The number of methoxy groups -OCH3 is 1. The molecule has 0 fully saturated rings. The van der Waals surface area contributed by atoms with Crippen LogP contribution >= 0.6 is 11.3 Å². The molecule has 1 aliphatic rings. The summed E-state index contributed by atoms with van der Waals surface area (Å²) in [5.41, 5.74) is 2.25. The summed E-state index contributed by atoms with van der Waals surface area (Å²) in [5.74, 6) is 1.54. The number of unbranched alkanes of at least 4 members (excludes halogenated alkanes) is 1. The fourth-order valence-corrected chi connectivity index (χ4v) is 5.09. The molecule has 0 atom stereocenters. The fourth-order valence-electron chi connectivity index (χ4n) is 3.82. The van der Waals surface area contributed by atoms with Crippen molar-refractivity contribution in [3.8, 4) is 11.8 Å². The van der Waals surface area contributed by atoms with E-state index >= 15 is 0 Å². The first-order valence-electron chi connectivity index (χ1n) is 9.25. The number of benzene rings is 1. The molecule has 6 heteroatoms. The number of aromatic nitrogens is 2. The van der Waals surface area contributed by atoms with Crippen molar-refractivity contribution in [1.29, 1.82) is 5.26 Å². The molecule has 0 unspecified atom stereocenters. The minimum atomic E-state index is 0.0437. The summed E-state index contributed by atoms with van der Waals surface area (Å²) in [6.45, 7) is 0.518. The van der Waals surface area contributed by atoms with Crippen LogP contribution in [-0.2, 0) is 25.8 Å². The number of aryl methyl sites for hydroxylation is 2. The molecule has 138 valence electrons. The highest BCUT2D eigenvalue weighted by molar-refractivity contribution is 7.18. The Kier molecular flexibility index (Phi) is 4.95. The van der Waals surface area contributed by atoms with Gasteiger partial charge in [0.05, 0.1) is 18.6 Å². The van der Waals surface area contributed by atoms with Crippen LogP contribution in [0.5, 0.6) is 5.75 Å². The van der Waals surface area contributed by atoms with Gasteiger partial charge in [0.15, 0.2) is 0 Å². The van der Waals surface area contributed by atoms with Gasteiger partial charge in [-0.25, -0.2) is 4.98 Å². The number of hydrogen-bond donors (Lipinski definition) is 0. The Labute approximate surface area is 161 Å². The number of para-hydroxylation sites is 1. The van der Waals surface area contributed by atoms with Crippen LogP contribution in [-0.4, -0.2) is 16.7 Å². The van der Waals surface area contributed by atoms with E-state index < -0.39 is 0 Å². The molecular weight excluding hydrogens is 358 g/mol. The SMILES string of the molecule is COc1ccccc1Cc1nc2sc3c(c2c(=O)n1CCCC#N)CCC3. The van der Waals surface area contributed by atoms with E-state index in [2.05, 4.69) is 6.07 Å². The Morgan fingerprint density at radius 1 is 1.33 bits per heavy atom. The standard InChI is InChI=1S/C21H21N3O2S/c1-26-16-9-3-2-7-14(16)13-18-23-20-19(15-8-6-10-17(15)27-20)21(25)24(18)12-5-4-11-22/h2-3,7,9H,4-6,8,10,12-13H2,1H3. The second-order valence-electron chi connectivity index (χ2n) is 6.77. The lowest BCUT2D eigenvalue weighted by Crippen LogP contribution is -2.26. The van der Waals surface area contributed by atoms with E-state index in [4.69, 9.17) is 15.0 Å². The lowest BCUT2D eigenvalue weighted by atomic mass is 10.1. The van der Waals surface area contributed by atoms with Crippen molar-refractivity contribution >= 4 is 21.6 Å². The van der Waals surface area contributed by atoms with Gasteiger partial charge in [-0.1, -0.05) is 18.2 Å². The maximum atomic E-state index is 13.3. The van der Waals surface area contributed by atoms with Gasteiger partial charge in [0.2, 0.25) is 0 Å². The normalized spacial score (nSPS) is 12.9. The van der Waals surface area contributed by atoms with Crippen molar-refractivity contribution < 1.29 is 4.74 Å². The zero-order valence-electron chi connectivity index (χ0n) is 15.3. The summed E-state index contributed by atoms with van der Waals surface area (Å²) < 4.78 is 7.24. The van der Waals surface area contributed by atoms with Crippen LogP contribution in [0.3, 0.4) is 0 Å². The lowest BCUT2D eigenvalue weighted by molar-refractivity contribution is 0.410. The van der Waals surface area contributed by atoms with Crippen molar-refractivity contribution in [2.45, 2.75) is 45.1 Å². The number of fused-ring (bicyclic) bond motifs is 3. The number of thiophene rings is 1. The molecule has 0 saturated carbocycles. The van der Waals surface area contributed by atoms with E-state index in [0.29, 0.717) is 25.8 Å². The smallest absolute Gasteiger partial charge is 0.262 e. The molecule has 0 radical (unpaired) electrons. The number of nitrogens with zero attached hydrogens (tertiary/aromatic N) is 3. The Morgan fingerprint density at radius 2 is 2.19 bits per heavy atom. The molecule has 1 aromatic carbocycles. The van der Waals surface area contributed by atoms with E-state index in [1.807, 2.05) is 24.3 Å². The van der Waals surface area contributed by atoms with Gasteiger partial charge >= 0.3 is 0 Å². The Bertz CT molecular complexity index is 1090. The summed E-state index contributed by atoms with van der Waals surface area (Å²) in [4.78, 5) is 20.4. The molecule has 27 heavy (non-hydrogen) atoms. The third kappa shape index (κ3) is 3.24. The predicted octanol–water partition coefficient (Wildman–Crippen LogP) is 3.85. The van der Waals surface area contributed by atoms with Crippen molar-refractivity contribution in [3.63, 3.8) is 0 Å². The van der Waals surface area contributed by atoms with Crippen molar-refractivity contribution in [1.82, 2.24) is 9.55 Å². The molecule has 4 rings (SSSR count).